The van der Waals surface area contributed by atoms with E-state index in [0.29, 0.717) is 30.9 Å². The highest BCUT2D eigenvalue weighted by atomic mass is 16.4. The van der Waals surface area contributed by atoms with E-state index in [1.54, 1.807) is 11.9 Å². The van der Waals surface area contributed by atoms with Crippen LogP contribution in [0, 0.1) is 0 Å². The second kappa shape index (κ2) is 5.13. The molecule has 1 aromatic rings. The average molecular weight is 264 g/mol. The van der Waals surface area contributed by atoms with Crippen molar-refractivity contribution in [3.63, 3.8) is 0 Å². The van der Waals surface area contributed by atoms with E-state index >= 15 is 0 Å². The van der Waals surface area contributed by atoms with Gasteiger partial charge >= 0.3 is 5.97 Å². The predicted molar refractivity (Wildman–Crippen MR) is 69.9 cm³/mol. The van der Waals surface area contributed by atoms with Crippen molar-refractivity contribution in [2.75, 3.05) is 24.6 Å². The summed E-state index contributed by atoms with van der Waals surface area (Å²) in [5.41, 5.74) is 6.10. The minimum Gasteiger partial charge on any atom is -0.477 e. The molecule has 1 amide bonds. The van der Waals surface area contributed by atoms with Crippen molar-refractivity contribution in [3.8, 4) is 0 Å². The van der Waals surface area contributed by atoms with E-state index < -0.39 is 5.97 Å². The van der Waals surface area contributed by atoms with Gasteiger partial charge in [0.25, 0.3) is 0 Å². The maximum Gasteiger partial charge on any atom is 0.354 e. The van der Waals surface area contributed by atoms with Gasteiger partial charge in [-0.2, -0.15) is 0 Å². The number of nitrogens with zero attached hydrogens (tertiary/aromatic N) is 2. The quantitative estimate of drug-likeness (QED) is 0.729. The Hall–Kier alpha value is -2.31. The number of nitrogen functional groups attached to an aromatic ring is 1. The van der Waals surface area contributed by atoms with Gasteiger partial charge in [0.15, 0.2) is 5.69 Å². The van der Waals surface area contributed by atoms with Crippen molar-refractivity contribution in [1.29, 1.82) is 0 Å². The Morgan fingerprint density at radius 1 is 1.58 bits per heavy atom. The van der Waals surface area contributed by atoms with Crippen LogP contribution in [0.3, 0.4) is 0 Å². The van der Waals surface area contributed by atoms with Gasteiger partial charge in [0, 0.05) is 26.1 Å². The number of amides is 1. The molecule has 0 saturated carbocycles. The fraction of sp³-hybridized carbons (Fsp3) is 0.417. The summed E-state index contributed by atoms with van der Waals surface area (Å²) in [6.07, 6.45) is 1.15. The number of nitrogens with one attached hydrogen (secondary N) is 1. The number of pyridine rings is 1. The minimum atomic E-state index is -1.10. The molecule has 1 fully saturated rings. The third kappa shape index (κ3) is 2.93. The lowest BCUT2D eigenvalue weighted by Crippen LogP contribution is -2.43. The topological polar surface area (TPSA) is 109 Å². The summed E-state index contributed by atoms with van der Waals surface area (Å²) in [7, 11) is 1.74. The van der Waals surface area contributed by atoms with Gasteiger partial charge in [-0.25, -0.2) is 9.78 Å². The lowest BCUT2D eigenvalue weighted by molar-refractivity contribution is -0.132. The molecule has 2 heterocycles. The van der Waals surface area contributed by atoms with Gasteiger partial charge in [-0.1, -0.05) is 0 Å². The second-order valence-electron chi connectivity index (χ2n) is 4.59. The molecular weight excluding hydrogens is 248 g/mol. The van der Waals surface area contributed by atoms with Crippen molar-refractivity contribution in [2.45, 2.75) is 18.9 Å². The van der Waals surface area contributed by atoms with E-state index in [1.807, 2.05) is 0 Å². The highest BCUT2D eigenvalue weighted by Crippen LogP contribution is 2.20. The molecule has 102 valence electrons. The Balaban J connectivity index is 2.12. The molecule has 19 heavy (non-hydrogen) atoms. The smallest absolute Gasteiger partial charge is 0.354 e. The first-order valence-corrected chi connectivity index (χ1v) is 5.97. The molecule has 1 unspecified atom stereocenters. The van der Waals surface area contributed by atoms with E-state index in [-0.39, 0.29) is 17.6 Å². The van der Waals surface area contributed by atoms with Crippen molar-refractivity contribution in [3.05, 3.63) is 17.8 Å². The van der Waals surface area contributed by atoms with Crippen LogP contribution in [-0.4, -0.2) is 46.5 Å². The normalized spacial score (nSPS) is 19.3. The number of likely N-dealkylation sites (tertiary alicyclic amines) is 1. The van der Waals surface area contributed by atoms with Gasteiger partial charge in [-0.15, -0.1) is 0 Å². The molecule has 1 atom stereocenters. The van der Waals surface area contributed by atoms with E-state index in [2.05, 4.69) is 10.3 Å². The fourth-order valence-electron chi connectivity index (χ4n) is 2.03. The molecule has 1 aromatic heterocycles. The van der Waals surface area contributed by atoms with Crippen molar-refractivity contribution in [1.82, 2.24) is 9.88 Å². The summed E-state index contributed by atoms with van der Waals surface area (Å²) in [5, 5.41) is 12.0. The largest absolute Gasteiger partial charge is 0.477 e. The third-order valence-corrected chi connectivity index (χ3v) is 3.11. The lowest BCUT2D eigenvalue weighted by Gasteiger charge is -2.30. The van der Waals surface area contributed by atoms with Crippen LogP contribution in [0.2, 0.25) is 0 Å². The molecule has 0 spiro atoms. The maximum atomic E-state index is 11.4. The van der Waals surface area contributed by atoms with Gasteiger partial charge < -0.3 is 21.1 Å². The first-order chi connectivity index (χ1) is 8.97. The number of piperidine rings is 1. The average Bonchev–Trinajstić information content (AvgIpc) is 2.36. The van der Waals surface area contributed by atoms with Gasteiger partial charge in [0.1, 0.15) is 5.82 Å². The third-order valence-electron chi connectivity index (χ3n) is 3.11. The Labute approximate surface area is 110 Å². The number of carboxylic acids is 1. The van der Waals surface area contributed by atoms with Crippen LogP contribution >= 0.6 is 0 Å². The molecule has 2 rings (SSSR count). The summed E-state index contributed by atoms with van der Waals surface area (Å²) in [4.78, 5) is 27.9. The van der Waals surface area contributed by atoms with Gasteiger partial charge in [-0.05, 0) is 18.6 Å². The Bertz CT molecular complexity index is 518. The number of hydrogen-bond acceptors (Lipinski definition) is 5. The number of aromatic carboxylic acids is 1. The van der Waals surface area contributed by atoms with Crippen molar-refractivity contribution >= 4 is 23.4 Å². The van der Waals surface area contributed by atoms with Crippen molar-refractivity contribution in [2.24, 2.45) is 0 Å². The Morgan fingerprint density at radius 2 is 2.32 bits per heavy atom. The van der Waals surface area contributed by atoms with Crippen LogP contribution in [0.25, 0.3) is 0 Å². The molecule has 0 aliphatic carbocycles. The zero-order valence-corrected chi connectivity index (χ0v) is 10.6. The number of hydrogen-bond donors (Lipinski definition) is 3. The van der Waals surface area contributed by atoms with E-state index in [4.69, 9.17) is 10.8 Å². The fourth-order valence-corrected chi connectivity index (χ4v) is 2.03. The number of nitrogens with two attached hydrogens (primary N) is 1. The zero-order chi connectivity index (χ0) is 14.0. The minimum absolute atomic E-state index is 0.0292. The van der Waals surface area contributed by atoms with Crippen LogP contribution < -0.4 is 11.1 Å². The first-order valence-electron chi connectivity index (χ1n) is 5.97. The summed E-state index contributed by atoms with van der Waals surface area (Å²) < 4.78 is 0. The Kier molecular flexibility index (Phi) is 3.55. The molecule has 1 aliphatic rings. The van der Waals surface area contributed by atoms with Crippen LogP contribution in [0.5, 0.6) is 0 Å². The lowest BCUT2D eigenvalue weighted by atomic mass is 10.1. The zero-order valence-electron chi connectivity index (χ0n) is 10.6. The van der Waals surface area contributed by atoms with E-state index in [0.717, 1.165) is 0 Å². The summed E-state index contributed by atoms with van der Waals surface area (Å²) in [6, 6.07) is 2.90. The predicted octanol–water partition coefficient (Wildman–Crippen LogP) is 0.395. The molecule has 0 radical (unpaired) electrons. The summed E-state index contributed by atoms with van der Waals surface area (Å²) in [6.45, 7) is 0.553. The SMILES string of the molecule is CN1CC(Nc2nc(C(=O)O)ccc2N)CCC1=O. The van der Waals surface area contributed by atoms with E-state index in [1.165, 1.54) is 12.1 Å². The molecule has 0 bridgehead atoms. The highest BCUT2D eigenvalue weighted by molar-refractivity contribution is 5.87. The van der Waals surface area contributed by atoms with Gasteiger partial charge in [-0.3, -0.25) is 4.79 Å². The van der Waals surface area contributed by atoms with E-state index in [9.17, 15) is 9.59 Å². The molecule has 7 nitrogen and oxygen atoms in total. The number of aromatic nitrogens is 1. The summed E-state index contributed by atoms with van der Waals surface area (Å²) in [5.74, 6) is -0.634. The standard InChI is InChI=1S/C12H16N4O3/c1-16-6-7(2-5-10(16)17)14-11-8(13)3-4-9(15-11)12(18)19/h3-4,7H,2,5-6,13H2,1H3,(H,14,15)(H,18,19). The molecule has 1 saturated heterocycles. The molecule has 4 N–H and O–H groups in total. The molecule has 1 aliphatic heterocycles. The maximum absolute atomic E-state index is 11.4. The first kappa shape index (κ1) is 13.1. The number of carboxylic acid groups (broad SMARTS) is 1. The number of rotatable bonds is 3. The van der Waals surface area contributed by atoms with Gasteiger partial charge in [0.05, 0.1) is 5.69 Å². The second-order valence-corrected chi connectivity index (χ2v) is 4.59. The van der Waals surface area contributed by atoms with Crippen molar-refractivity contribution < 1.29 is 14.7 Å². The molecule has 7 heteroatoms. The van der Waals surface area contributed by atoms with Gasteiger partial charge in [0.2, 0.25) is 5.91 Å². The highest BCUT2D eigenvalue weighted by Gasteiger charge is 2.23. The van der Waals surface area contributed by atoms with Crippen LogP contribution in [0.4, 0.5) is 11.5 Å². The number of carbonyl (C=O) groups is 2. The number of carbonyl (C=O) groups excluding carboxylic acids is 1. The van der Waals surface area contributed by atoms with Crippen LogP contribution in [0.15, 0.2) is 12.1 Å². The number of likely N-dealkylation sites (N-methyl/N-ethyl adjacent to an activating group) is 1. The number of anilines is 2. The monoisotopic (exact) mass is 264 g/mol. The van der Waals surface area contributed by atoms with Crippen LogP contribution in [0.1, 0.15) is 23.3 Å². The molecular formula is C12H16N4O3. The van der Waals surface area contributed by atoms with Crippen LogP contribution in [-0.2, 0) is 4.79 Å². The Morgan fingerprint density at radius 3 is 2.95 bits per heavy atom. The summed E-state index contributed by atoms with van der Waals surface area (Å²) >= 11 is 0. The molecule has 0 aromatic carbocycles.